The number of hydrogen-bond donors (Lipinski definition) is 1. The van der Waals surface area contributed by atoms with Crippen molar-refractivity contribution in [3.63, 3.8) is 0 Å². The van der Waals surface area contributed by atoms with E-state index in [1.54, 1.807) is 0 Å². The molecule has 2 rings (SSSR count). The maximum Gasteiger partial charge on any atom is 0.231 e. The molecule has 0 aromatic carbocycles. The summed E-state index contributed by atoms with van der Waals surface area (Å²) in [4.78, 5) is 17.5. The Hall–Kier alpha value is -1.59. The number of rotatable bonds is 4. The highest BCUT2D eigenvalue weighted by Gasteiger charge is 2.25. The first-order chi connectivity index (χ1) is 9.55. The lowest BCUT2D eigenvalue weighted by molar-refractivity contribution is 0.321. The van der Waals surface area contributed by atoms with E-state index in [0.29, 0.717) is 17.8 Å². The van der Waals surface area contributed by atoms with E-state index < -0.39 is 0 Å². The topological polar surface area (TPSA) is 71.2 Å². The first kappa shape index (κ1) is 14.8. The Morgan fingerprint density at radius 1 is 1.15 bits per heavy atom. The Kier molecular flexibility index (Phi) is 4.62. The van der Waals surface area contributed by atoms with Crippen molar-refractivity contribution < 1.29 is 0 Å². The molecule has 2 unspecified atom stereocenters. The number of nitrogen functional groups attached to an aromatic ring is 1. The van der Waals surface area contributed by atoms with Crippen LogP contribution < -0.4 is 15.5 Å². The van der Waals surface area contributed by atoms with Gasteiger partial charge in [-0.1, -0.05) is 13.8 Å². The summed E-state index contributed by atoms with van der Waals surface area (Å²) in [5, 5.41) is 0. The number of hydrogen-bond acceptors (Lipinski definition) is 6. The molecule has 1 fully saturated rings. The van der Waals surface area contributed by atoms with Gasteiger partial charge in [0, 0.05) is 26.2 Å². The van der Waals surface area contributed by atoms with Gasteiger partial charge >= 0.3 is 0 Å². The quantitative estimate of drug-likeness (QED) is 0.905. The van der Waals surface area contributed by atoms with Gasteiger partial charge in [-0.3, -0.25) is 0 Å². The maximum atomic E-state index is 5.86. The number of aromatic nitrogens is 3. The number of piperidine rings is 1. The average Bonchev–Trinajstić information content (AvgIpc) is 2.42. The fraction of sp³-hybridized carbons (Fsp3) is 0.786. The Morgan fingerprint density at radius 3 is 2.45 bits per heavy atom. The summed E-state index contributed by atoms with van der Waals surface area (Å²) in [5.41, 5.74) is 5.86. The summed E-state index contributed by atoms with van der Waals surface area (Å²) in [5.74, 6) is 3.12. The zero-order valence-corrected chi connectivity index (χ0v) is 13.0. The fourth-order valence-corrected chi connectivity index (χ4v) is 2.60. The molecule has 2 N–H and O–H groups in total. The molecular formula is C14H26N6. The van der Waals surface area contributed by atoms with Crippen LogP contribution in [0.4, 0.5) is 17.8 Å². The van der Waals surface area contributed by atoms with E-state index in [4.69, 9.17) is 5.73 Å². The largest absolute Gasteiger partial charge is 0.368 e. The van der Waals surface area contributed by atoms with Crippen molar-refractivity contribution in [3.8, 4) is 0 Å². The van der Waals surface area contributed by atoms with Gasteiger partial charge in [0.05, 0.1) is 0 Å². The molecule has 2 heterocycles. The first-order valence-electron chi connectivity index (χ1n) is 7.56. The summed E-state index contributed by atoms with van der Waals surface area (Å²) in [6.45, 7) is 12.5. The molecule has 2 atom stereocenters. The third-order valence-corrected chi connectivity index (χ3v) is 4.29. The van der Waals surface area contributed by atoms with Crippen LogP contribution in [0.3, 0.4) is 0 Å². The van der Waals surface area contributed by atoms with Gasteiger partial charge in [-0.25, -0.2) is 0 Å². The third kappa shape index (κ3) is 3.11. The summed E-state index contributed by atoms with van der Waals surface area (Å²) in [7, 11) is 0. The second-order valence-corrected chi connectivity index (χ2v) is 5.66. The van der Waals surface area contributed by atoms with E-state index in [9.17, 15) is 0 Å². The zero-order chi connectivity index (χ0) is 14.7. The molecule has 6 nitrogen and oxygen atoms in total. The lowest BCUT2D eigenvalue weighted by Crippen LogP contribution is -2.40. The predicted octanol–water partition coefficient (Wildman–Crippen LogP) is 1.78. The van der Waals surface area contributed by atoms with Crippen molar-refractivity contribution in [2.45, 2.75) is 34.1 Å². The lowest BCUT2D eigenvalue weighted by Gasteiger charge is -2.35. The van der Waals surface area contributed by atoms with Gasteiger partial charge in [-0.2, -0.15) is 15.0 Å². The van der Waals surface area contributed by atoms with Crippen LogP contribution in [-0.2, 0) is 0 Å². The Balaban J connectivity index is 2.23. The van der Waals surface area contributed by atoms with Gasteiger partial charge in [-0.15, -0.1) is 0 Å². The molecule has 0 bridgehead atoms. The molecule has 1 aromatic rings. The van der Waals surface area contributed by atoms with Crippen LogP contribution in [0.15, 0.2) is 0 Å². The van der Waals surface area contributed by atoms with Crippen LogP contribution in [0.25, 0.3) is 0 Å². The van der Waals surface area contributed by atoms with E-state index in [1.807, 2.05) is 0 Å². The van der Waals surface area contributed by atoms with Crippen LogP contribution in [0.1, 0.15) is 34.1 Å². The lowest BCUT2D eigenvalue weighted by atomic mass is 9.89. The Morgan fingerprint density at radius 2 is 1.85 bits per heavy atom. The van der Waals surface area contributed by atoms with Crippen LogP contribution in [0.5, 0.6) is 0 Å². The van der Waals surface area contributed by atoms with Crippen LogP contribution in [0, 0.1) is 11.8 Å². The molecular weight excluding hydrogens is 252 g/mol. The summed E-state index contributed by atoms with van der Waals surface area (Å²) in [6.07, 6.45) is 1.17. The summed E-state index contributed by atoms with van der Waals surface area (Å²) in [6, 6.07) is 0. The highest BCUT2D eigenvalue weighted by Crippen LogP contribution is 2.26. The minimum absolute atomic E-state index is 0.308. The molecule has 0 spiro atoms. The molecule has 1 aromatic heterocycles. The smallest absolute Gasteiger partial charge is 0.231 e. The van der Waals surface area contributed by atoms with Crippen molar-refractivity contribution in [2.24, 2.45) is 11.8 Å². The first-order valence-corrected chi connectivity index (χ1v) is 7.56. The highest BCUT2D eigenvalue weighted by atomic mass is 15.3. The molecule has 1 saturated heterocycles. The fourth-order valence-electron chi connectivity index (χ4n) is 2.60. The van der Waals surface area contributed by atoms with Gasteiger partial charge < -0.3 is 15.5 Å². The van der Waals surface area contributed by atoms with Crippen LogP contribution in [-0.4, -0.2) is 41.1 Å². The van der Waals surface area contributed by atoms with Gasteiger partial charge in [0.2, 0.25) is 17.8 Å². The van der Waals surface area contributed by atoms with E-state index in [1.165, 1.54) is 6.42 Å². The van der Waals surface area contributed by atoms with Crippen LogP contribution >= 0.6 is 0 Å². The number of nitrogens with two attached hydrogens (primary N) is 1. The molecule has 0 saturated carbocycles. The van der Waals surface area contributed by atoms with Crippen molar-refractivity contribution in [2.75, 3.05) is 41.7 Å². The van der Waals surface area contributed by atoms with Crippen molar-refractivity contribution >= 4 is 17.8 Å². The van der Waals surface area contributed by atoms with Crippen molar-refractivity contribution in [1.82, 2.24) is 15.0 Å². The molecule has 20 heavy (non-hydrogen) atoms. The minimum Gasteiger partial charge on any atom is -0.368 e. The molecule has 0 aliphatic carbocycles. The number of anilines is 3. The molecule has 1 aliphatic heterocycles. The van der Waals surface area contributed by atoms with E-state index in [0.717, 1.165) is 38.0 Å². The second kappa shape index (κ2) is 6.24. The normalized spacial score (nSPS) is 22.9. The standard InChI is InChI=1S/C14H26N6/c1-5-19(6-2)13-16-12(15)17-14(18-13)20-8-7-10(3)11(4)9-20/h10-11H,5-9H2,1-4H3,(H2,15,16,17,18). The Labute approximate surface area is 121 Å². The molecule has 1 aliphatic rings. The zero-order valence-electron chi connectivity index (χ0n) is 13.0. The monoisotopic (exact) mass is 278 g/mol. The van der Waals surface area contributed by atoms with E-state index >= 15 is 0 Å². The van der Waals surface area contributed by atoms with Crippen LogP contribution in [0.2, 0.25) is 0 Å². The molecule has 6 heteroatoms. The van der Waals surface area contributed by atoms with E-state index in [2.05, 4.69) is 52.4 Å². The average molecular weight is 278 g/mol. The maximum absolute atomic E-state index is 5.86. The number of nitrogens with zero attached hydrogens (tertiary/aromatic N) is 5. The molecule has 0 radical (unpaired) electrons. The van der Waals surface area contributed by atoms with Gasteiger partial charge in [0.25, 0.3) is 0 Å². The summed E-state index contributed by atoms with van der Waals surface area (Å²) < 4.78 is 0. The van der Waals surface area contributed by atoms with Gasteiger partial charge in [-0.05, 0) is 32.1 Å². The Bertz CT molecular complexity index is 445. The minimum atomic E-state index is 0.308. The third-order valence-electron chi connectivity index (χ3n) is 4.29. The highest BCUT2D eigenvalue weighted by molar-refractivity contribution is 5.43. The van der Waals surface area contributed by atoms with Crippen molar-refractivity contribution in [1.29, 1.82) is 0 Å². The summed E-state index contributed by atoms with van der Waals surface area (Å²) >= 11 is 0. The predicted molar refractivity (Wildman–Crippen MR) is 83.0 cm³/mol. The second-order valence-electron chi connectivity index (χ2n) is 5.66. The van der Waals surface area contributed by atoms with E-state index in [-0.39, 0.29) is 0 Å². The molecule has 112 valence electrons. The van der Waals surface area contributed by atoms with Gasteiger partial charge in [0.15, 0.2) is 0 Å². The van der Waals surface area contributed by atoms with Crippen molar-refractivity contribution in [3.05, 3.63) is 0 Å². The SMILES string of the molecule is CCN(CC)c1nc(N)nc(N2CCC(C)C(C)C2)n1. The molecule has 0 amide bonds. The van der Waals surface area contributed by atoms with Gasteiger partial charge in [0.1, 0.15) is 0 Å².